The number of carboxylic acid groups (broad SMARTS) is 1. The highest BCUT2D eigenvalue weighted by Crippen LogP contribution is 2.17. The van der Waals surface area contributed by atoms with Gasteiger partial charge in [0.2, 0.25) is 0 Å². The van der Waals surface area contributed by atoms with Gasteiger partial charge < -0.3 is 15.2 Å². The van der Waals surface area contributed by atoms with Gasteiger partial charge in [-0.25, -0.2) is 9.59 Å². The fraction of sp³-hybridized carbons (Fsp3) is 0.385. The number of hydrogen-bond acceptors (Lipinski definition) is 5. The molecular formula is C13H16N2O6. The zero-order valence-corrected chi connectivity index (χ0v) is 11.4. The Kier molecular flexibility index (Phi) is 6.12. The molecule has 8 nitrogen and oxygen atoms in total. The maximum Gasteiger partial charge on any atom is 0.413 e. The first kappa shape index (κ1) is 16.4. The molecule has 0 bridgehead atoms. The molecule has 21 heavy (non-hydrogen) atoms. The SMILES string of the molecule is CCCCC(NC(=O)Oc1ccc([N+](=O)[O-])cc1)C(=O)O. The summed E-state index contributed by atoms with van der Waals surface area (Å²) in [6, 6.07) is 3.89. The van der Waals surface area contributed by atoms with Gasteiger partial charge in [0, 0.05) is 12.1 Å². The van der Waals surface area contributed by atoms with Gasteiger partial charge in [0.05, 0.1) is 4.92 Å². The van der Waals surface area contributed by atoms with Crippen LogP contribution in [0.5, 0.6) is 5.75 Å². The number of amides is 1. The standard InChI is InChI=1S/C13H16N2O6/c1-2-3-4-11(12(16)17)14-13(18)21-10-7-5-9(6-8-10)15(19)20/h5-8,11H,2-4H2,1H3,(H,14,18)(H,16,17). The van der Waals surface area contributed by atoms with Crippen molar-refractivity contribution in [2.45, 2.75) is 32.2 Å². The summed E-state index contributed by atoms with van der Waals surface area (Å²) in [7, 11) is 0. The number of nitrogens with zero attached hydrogens (tertiary/aromatic N) is 1. The smallest absolute Gasteiger partial charge is 0.413 e. The van der Waals surface area contributed by atoms with Crippen LogP contribution in [0.4, 0.5) is 10.5 Å². The molecule has 0 aliphatic carbocycles. The molecule has 1 rings (SSSR count). The predicted octanol–water partition coefficient (Wildman–Crippen LogP) is 2.33. The summed E-state index contributed by atoms with van der Waals surface area (Å²) < 4.78 is 4.87. The Bertz CT molecular complexity index is 514. The molecule has 0 aliphatic heterocycles. The van der Waals surface area contributed by atoms with Crippen molar-refractivity contribution in [2.24, 2.45) is 0 Å². The number of carboxylic acids is 1. The van der Waals surface area contributed by atoms with Crippen molar-refractivity contribution in [3.8, 4) is 5.75 Å². The fourth-order valence-corrected chi connectivity index (χ4v) is 1.58. The fourth-order valence-electron chi connectivity index (χ4n) is 1.58. The van der Waals surface area contributed by atoms with E-state index in [-0.39, 0.29) is 11.4 Å². The Labute approximate surface area is 120 Å². The van der Waals surface area contributed by atoms with Gasteiger partial charge in [0.25, 0.3) is 5.69 Å². The van der Waals surface area contributed by atoms with Crippen molar-refractivity contribution in [2.75, 3.05) is 0 Å². The topological polar surface area (TPSA) is 119 Å². The van der Waals surface area contributed by atoms with E-state index in [1.54, 1.807) is 0 Å². The highest BCUT2D eigenvalue weighted by molar-refractivity contribution is 5.80. The molecule has 0 heterocycles. The molecule has 0 spiro atoms. The first-order valence-electron chi connectivity index (χ1n) is 6.39. The van der Waals surface area contributed by atoms with Crippen LogP contribution in [0.1, 0.15) is 26.2 Å². The zero-order chi connectivity index (χ0) is 15.8. The summed E-state index contributed by atoms with van der Waals surface area (Å²) in [6.45, 7) is 1.91. The predicted molar refractivity (Wildman–Crippen MR) is 73.2 cm³/mol. The van der Waals surface area contributed by atoms with E-state index in [1.807, 2.05) is 6.92 Å². The number of nitro benzene ring substituents is 1. The van der Waals surface area contributed by atoms with E-state index in [1.165, 1.54) is 24.3 Å². The van der Waals surface area contributed by atoms with Crippen LogP contribution in [0.2, 0.25) is 0 Å². The molecule has 0 radical (unpaired) electrons. The number of benzene rings is 1. The van der Waals surface area contributed by atoms with Crippen molar-refractivity contribution >= 4 is 17.7 Å². The normalized spacial score (nSPS) is 11.5. The minimum atomic E-state index is -1.14. The quantitative estimate of drug-likeness (QED) is 0.588. The van der Waals surface area contributed by atoms with Gasteiger partial charge in [-0.15, -0.1) is 0 Å². The summed E-state index contributed by atoms with van der Waals surface area (Å²) in [6.07, 6.45) is 0.867. The minimum Gasteiger partial charge on any atom is -0.480 e. The molecule has 0 saturated carbocycles. The number of hydrogen-bond donors (Lipinski definition) is 2. The minimum absolute atomic E-state index is 0.0951. The molecule has 0 saturated heterocycles. The second-order valence-corrected chi connectivity index (χ2v) is 4.32. The molecule has 2 N–H and O–H groups in total. The summed E-state index contributed by atoms with van der Waals surface area (Å²) >= 11 is 0. The van der Waals surface area contributed by atoms with Crippen molar-refractivity contribution < 1.29 is 24.4 Å². The van der Waals surface area contributed by atoms with Crippen LogP contribution in [0.3, 0.4) is 0 Å². The molecule has 1 aromatic carbocycles. The van der Waals surface area contributed by atoms with E-state index in [0.29, 0.717) is 12.8 Å². The van der Waals surface area contributed by atoms with E-state index in [0.717, 1.165) is 6.42 Å². The number of ether oxygens (including phenoxy) is 1. The van der Waals surface area contributed by atoms with E-state index >= 15 is 0 Å². The Morgan fingerprint density at radius 2 is 2.00 bits per heavy atom. The molecule has 1 unspecified atom stereocenters. The third kappa shape index (κ3) is 5.47. The van der Waals surface area contributed by atoms with Crippen LogP contribution in [-0.4, -0.2) is 28.1 Å². The summed E-state index contributed by atoms with van der Waals surface area (Å²) in [5, 5.41) is 21.7. The van der Waals surface area contributed by atoms with E-state index in [4.69, 9.17) is 9.84 Å². The Morgan fingerprint density at radius 3 is 2.48 bits per heavy atom. The Balaban J connectivity index is 2.59. The second-order valence-electron chi connectivity index (χ2n) is 4.32. The van der Waals surface area contributed by atoms with Crippen LogP contribution in [0.25, 0.3) is 0 Å². The molecule has 1 atom stereocenters. The van der Waals surface area contributed by atoms with Gasteiger partial charge in [-0.05, 0) is 18.6 Å². The Hall–Kier alpha value is -2.64. The van der Waals surface area contributed by atoms with Crippen molar-refractivity contribution in [3.05, 3.63) is 34.4 Å². The first-order valence-corrected chi connectivity index (χ1v) is 6.39. The molecule has 1 aromatic rings. The molecule has 114 valence electrons. The zero-order valence-electron chi connectivity index (χ0n) is 11.4. The lowest BCUT2D eigenvalue weighted by molar-refractivity contribution is -0.384. The molecular weight excluding hydrogens is 280 g/mol. The lowest BCUT2D eigenvalue weighted by Crippen LogP contribution is -2.42. The highest BCUT2D eigenvalue weighted by Gasteiger charge is 2.20. The molecule has 0 fully saturated rings. The van der Waals surface area contributed by atoms with Gasteiger partial charge in [-0.2, -0.15) is 0 Å². The third-order valence-electron chi connectivity index (χ3n) is 2.69. The van der Waals surface area contributed by atoms with E-state index in [9.17, 15) is 19.7 Å². The lowest BCUT2D eigenvalue weighted by Gasteiger charge is -2.13. The molecule has 1 amide bonds. The van der Waals surface area contributed by atoms with Crippen LogP contribution in [0, 0.1) is 10.1 Å². The second kappa shape index (κ2) is 7.83. The van der Waals surface area contributed by atoms with Crippen LogP contribution < -0.4 is 10.1 Å². The van der Waals surface area contributed by atoms with Gasteiger partial charge in [0.15, 0.2) is 0 Å². The summed E-state index contributed by atoms with van der Waals surface area (Å²) in [5.74, 6) is -1.04. The molecule has 8 heteroatoms. The van der Waals surface area contributed by atoms with Crippen molar-refractivity contribution in [1.82, 2.24) is 5.32 Å². The average molecular weight is 296 g/mol. The number of rotatable bonds is 7. The lowest BCUT2D eigenvalue weighted by atomic mass is 10.1. The van der Waals surface area contributed by atoms with Crippen LogP contribution >= 0.6 is 0 Å². The Morgan fingerprint density at radius 1 is 1.38 bits per heavy atom. The van der Waals surface area contributed by atoms with Crippen molar-refractivity contribution in [1.29, 1.82) is 0 Å². The van der Waals surface area contributed by atoms with E-state index < -0.39 is 23.0 Å². The largest absolute Gasteiger partial charge is 0.480 e. The van der Waals surface area contributed by atoms with Gasteiger partial charge in [-0.3, -0.25) is 10.1 Å². The van der Waals surface area contributed by atoms with Gasteiger partial charge in [0.1, 0.15) is 11.8 Å². The van der Waals surface area contributed by atoms with E-state index in [2.05, 4.69) is 5.32 Å². The van der Waals surface area contributed by atoms with Crippen LogP contribution in [-0.2, 0) is 4.79 Å². The van der Waals surface area contributed by atoms with Crippen molar-refractivity contribution in [3.63, 3.8) is 0 Å². The summed E-state index contributed by atoms with van der Waals surface area (Å²) in [4.78, 5) is 32.4. The monoisotopic (exact) mass is 296 g/mol. The number of unbranched alkanes of at least 4 members (excludes halogenated alkanes) is 1. The highest BCUT2D eigenvalue weighted by atomic mass is 16.6. The number of nitrogens with one attached hydrogen (secondary N) is 1. The molecule has 0 aromatic heterocycles. The number of non-ortho nitro benzene ring substituents is 1. The third-order valence-corrected chi connectivity index (χ3v) is 2.69. The van der Waals surface area contributed by atoms with Gasteiger partial charge >= 0.3 is 12.1 Å². The van der Waals surface area contributed by atoms with Crippen LogP contribution in [0.15, 0.2) is 24.3 Å². The average Bonchev–Trinajstić information content (AvgIpc) is 2.43. The number of aliphatic carboxylic acids is 1. The maximum atomic E-state index is 11.6. The number of carbonyl (C=O) groups excluding carboxylic acids is 1. The van der Waals surface area contributed by atoms with Gasteiger partial charge in [-0.1, -0.05) is 19.8 Å². The molecule has 0 aliphatic rings. The first-order chi connectivity index (χ1) is 9.93. The number of carbonyl (C=O) groups is 2. The maximum absolute atomic E-state index is 11.6. The summed E-state index contributed by atoms with van der Waals surface area (Å²) in [5.41, 5.74) is -0.130. The number of nitro groups is 1.